The molecule has 2 aromatic carbocycles. The predicted octanol–water partition coefficient (Wildman–Crippen LogP) is 6.32. The number of imidazole rings is 1. The van der Waals surface area contributed by atoms with Crippen molar-refractivity contribution in [2.24, 2.45) is 5.41 Å². The topological polar surface area (TPSA) is 99.0 Å². The lowest BCUT2D eigenvalue weighted by Crippen LogP contribution is -2.46. The molecule has 0 unspecified atom stereocenters. The Morgan fingerprint density at radius 2 is 1.82 bits per heavy atom. The third kappa shape index (κ3) is 6.11. The zero-order chi connectivity index (χ0) is 27.7. The number of para-hydroxylation sites is 1. The molecule has 0 radical (unpaired) electrons. The Bertz CT molecular complexity index is 1610. The SMILES string of the molecule is CC(C)(C)Cc1nc(-c2ccc3nc(Nc4cc(CN5CCN(c6ccccc6Cl)CC5)ccn4)[nH]c3c2)no1. The number of H-pyrrole nitrogens is 1. The van der Waals surface area contributed by atoms with Gasteiger partial charge < -0.3 is 19.7 Å². The van der Waals surface area contributed by atoms with Crippen LogP contribution >= 0.6 is 11.6 Å². The average Bonchev–Trinajstić information content (AvgIpc) is 3.54. The van der Waals surface area contributed by atoms with Gasteiger partial charge in [-0.2, -0.15) is 4.98 Å². The molecule has 4 heterocycles. The van der Waals surface area contributed by atoms with E-state index in [-0.39, 0.29) is 5.41 Å². The number of halogens is 1. The van der Waals surface area contributed by atoms with E-state index in [0.717, 1.165) is 72.3 Å². The van der Waals surface area contributed by atoms with Crippen LogP contribution in [-0.4, -0.2) is 56.2 Å². The molecule has 0 spiro atoms. The average molecular weight is 557 g/mol. The molecule has 2 N–H and O–H groups in total. The fourth-order valence-corrected chi connectivity index (χ4v) is 5.24. The number of piperazine rings is 1. The number of aromatic nitrogens is 5. The van der Waals surface area contributed by atoms with Gasteiger partial charge in [0.1, 0.15) is 5.82 Å². The van der Waals surface area contributed by atoms with Crippen molar-refractivity contribution in [2.45, 2.75) is 33.7 Å². The summed E-state index contributed by atoms with van der Waals surface area (Å²) in [6, 6.07) is 18.1. The second-order valence-electron chi connectivity index (χ2n) is 11.5. The second-order valence-corrected chi connectivity index (χ2v) is 11.9. The highest BCUT2D eigenvalue weighted by Crippen LogP contribution is 2.27. The molecule has 206 valence electrons. The van der Waals surface area contributed by atoms with Gasteiger partial charge in [-0.25, -0.2) is 9.97 Å². The first kappa shape index (κ1) is 26.3. The van der Waals surface area contributed by atoms with Gasteiger partial charge in [0, 0.05) is 50.9 Å². The Labute approximate surface area is 238 Å². The maximum absolute atomic E-state index is 6.40. The van der Waals surface area contributed by atoms with Crippen molar-refractivity contribution >= 4 is 40.1 Å². The molecular weight excluding hydrogens is 524 g/mol. The number of benzene rings is 2. The zero-order valence-corrected chi connectivity index (χ0v) is 23.7. The Morgan fingerprint density at radius 1 is 1.00 bits per heavy atom. The molecule has 1 aliphatic heterocycles. The summed E-state index contributed by atoms with van der Waals surface area (Å²) in [6.07, 6.45) is 2.56. The van der Waals surface area contributed by atoms with Crippen LogP contribution in [0.2, 0.25) is 5.02 Å². The molecular formula is C30H33ClN8O. The van der Waals surface area contributed by atoms with E-state index in [4.69, 9.17) is 16.1 Å². The molecule has 3 aromatic heterocycles. The van der Waals surface area contributed by atoms with Crippen LogP contribution in [0.25, 0.3) is 22.4 Å². The summed E-state index contributed by atoms with van der Waals surface area (Å²) in [7, 11) is 0. The van der Waals surface area contributed by atoms with E-state index in [1.54, 1.807) is 0 Å². The van der Waals surface area contributed by atoms with Gasteiger partial charge >= 0.3 is 0 Å². The number of nitrogens with zero attached hydrogens (tertiary/aromatic N) is 6. The van der Waals surface area contributed by atoms with Gasteiger partial charge in [-0.1, -0.05) is 49.7 Å². The van der Waals surface area contributed by atoms with E-state index in [1.807, 2.05) is 42.6 Å². The number of rotatable bonds is 7. The van der Waals surface area contributed by atoms with E-state index in [0.29, 0.717) is 17.7 Å². The maximum Gasteiger partial charge on any atom is 0.227 e. The highest BCUT2D eigenvalue weighted by molar-refractivity contribution is 6.33. The molecule has 1 aliphatic rings. The predicted molar refractivity (Wildman–Crippen MR) is 159 cm³/mol. The summed E-state index contributed by atoms with van der Waals surface area (Å²) >= 11 is 6.40. The summed E-state index contributed by atoms with van der Waals surface area (Å²) in [5, 5.41) is 8.31. The van der Waals surface area contributed by atoms with Crippen molar-refractivity contribution in [3.8, 4) is 11.4 Å². The minimum absolute atomic E-state index is 0.0786. The lowest BCUT2D eigenvalue weighted by atomic mass is 9.92. The van der Waals surface area contributed by atoms with Gasteiger partial charge in [-0.15, -0.1) is 0 Å². The molecule has 40 heavy (non-hydrogen) atoms. The van der Waals surface area contributed by atoms with Gasteiger partial charge in [0.25, 0.3) is 0 Å². The number of aromatic amines is 1. The number of nitrogens with one attached hydrogen (secondary N) is 2. The number of hydrogen-bond acceptors (Lipinski definition) is 8. The van der Waals surface area contributed by atoms with E-state index < -0.39 is 0 Å². The molecule has 1 fully saturated rings. The molecule has 9 nitrogen and oxygen atoms in total. The van der Waals surface area contributed by atoms with E-state index in [9.17, 15) is 0 Å². The lowest BCUT2D eigenvalue weighted by Gasteiger charge is -2.36. The quantitative estimate of drug-likeness (QED) is 0.240. The first-order valence-corrected chi connectivity index (χ1v) is 13.9. The van der Waals surface area contributed by atoms with Crippen LogP contribution in [0.3, 0.4) is 0 Å². The first-order chi connectivity index (χ1) is 19.3. The van der Waals surface area contributed by atoms with E-state index in [2.05, 4.69) is 79.2 Å². The fourth-order valence-electron chi connectivity index (χ4n) is 4.98. The third-order valence-corrected chi connectivity index (χ3v) is 7.25. The molecule has 1 saturated heterocycles. The van der Waals surface area contributed by atoms with Gasteiger partial charge in [0.05, 0.1) is 21.7 Å². The van der Waals surface area contributed by atoms with Crippen LogP contribution in [0, 0.1) is 5.41 Å². The smallest absolute Gasteiger partial charge is 0.227 e. The Hall–Kier alpha value is -3.95. The van der Waals surface area contributed by atoms with Crippen LogP contribution in [0.1, 0.15) is 32.2 Å². The zero-order valence-electron chi connectivity index (χ0n) is 23.0. The lowest BCUT2D eigenvalue weighted by molar-refractivity contribution is 0.250. The van der Waals surface area contributed by atoms with Crippen LogP contribution < -0.4 is 10.2 Å². The van der Waals surface area contributed by atoms with Gasteiger partial charge in [0.15, 0.2) is 0 Å². The molecule has 0 amide bonds. The van der Waals surface area contributed by atoms with Crippen molar-refractivity contribution in [1.29, 1.82) is 0 Å². The summed E-state index contributed by atoms with van der Waals surface area (Å²) in [4.78, 5) is 21.9. The van der Waals surface area contributed by atoms with Crippen LogP contribution in [0.4, 0.5) is 17.5 Å². The highest BCUT2D eigenvalue weighted by Gasteiger charge is 2.20. The minimum atomic E-state index is 0.0786. The Kier molecular flexibility index (Phi) is 7.16. The molecule has 0 aliphatic carbocycles. The summed E-state index contributed by atoms with van der Waals surface area (Å²) in [5.41, 5.74) is 4.99. The number of pyridine rings is 1. The largest absolute Gasteiger partial charge is 0.368 e. The maximum atomic E-state index is 6.40. The van der Waals surface area contributed by atoms with Crippen molar-refractivity contribution in [3.05, 3.63) is 77.3 Å². The summed E-state index contributed by atoms with van der Waals surface area (Å²) in [5.74, 6) is 2.60. The molecule has 5 aromatic rings. The fraction of sp³-hybridized carbons (Fsp3) is 0.333. The van der Waals surface area contributed by atoms with Gasteiger partial charge in [0.2, 0.25) is 17.7 Å². The summed E-state index contributed by atoms with van der Waals surface area (Å²) in [6.45, 7) is 11.1. The standard InChI is InChI=1S/C30H33ClN8O/c1-30(2,3)18-27-36-28(37-40-27)21-8-9-23-24(17-21)34-29(33-23)35-26-16-20(10-11-32-26)19-38-12-14-39(15-13-38)25-7-5-4-6-22(25)31/h4-11,16-17H,12-15,18-19H2,1-3H3,(H2,32,33,34,35). The Morgan fingerprint density at radius 3 is 2.62 bits per heavy atom. The normalized spacial score (nSPS) is 14.7. The first-order valence-electron chi connectivity index (χ1n) is 13.6. The highest BCUT2D eigenvalue weighted by atomic mass is 35.5. The van der Waals surface area contributed by atoms with Crippen LogP contribution in [-0.2, 0) is 13.0 Å². The van der Waals surface area contributed by atoms with Gasteiger partial charge in [-0.05, 0) is 53.4 Å². The third-order valence-electron chi connectivity index (χ3n) is 6.93. The minimum Gasteiger partial charge on any atom is -0.368 e. The molecule has 0 atom stereocenters. The monoisotopic (exact) mass is 556 g/mol. The summed E-state index contributed by atoms with van der Waals surface area (Å²) < 4.78 is 5.47. The molecule has 10 heteroatoms. The molecule has 6 rings (SSSR count). The molecule has 0 bridgehead atoms. The Balaban J connectivity index is 1.09. The van der Waals surface area contributed by atoms with E-state index >= 15 is 0 Å². The second kappa shape index (κ2) is 10.9. The number of fused-ring (bicyclic) bond motifs is 1. The van der Waals surface area contributed by atoms with Crippen molar-refractivity contribution < 1.29 is 4.52 Å². The number of hydrogen-bond donors (Lipinski definition) is 2. The van der Waals surface area contributed by atoms with E-state index in [1.165, 1.54) is 5.56 Å². The van der Waals surface area contributed by atoms with Crippen LogP contribution in [0.5, 0.6) is 0 Å². The van der Waals surface area contributed by atoms with Crippen LogP contribution in [0.15, 0.2) is 65.3 Å². The van der Waals surface area contributed by atoms with Crippen molar-refractivity contribution in [3.63, 3.8) is 0 Å². The molecule has 0 saturated carbocycles. The van der Waals surface area contributed by atoms with Crippen molar-refractivity contribution in [2.75, 3.05) is 36.4 Å². The number of anilines is 3. The van der Waals surface area contributed by atoms with Gasteiger partial charge in [-0.3, -0.25) is 4.90 Å². The van der Waals surface area contributed by atoms with Crippen molar-refractivity contribution in [1.82, 2.24) is 30.0 Å².